The topological polar surface area (TPSA) is 55.6 Å². The Labute approximate surface area is 179 Å². The Balaban J connectivity index is 1.35. The number of para-hydroxylation sites is 1. The number of hydrazone groups is 1. The van der Waals surface area contributed by atoms with Crippen LogP contribution in [0, 0.1) is 5.82 Å². The van der Waals surface area contributed by atoms with Gasteiger partial charge in [-0.1, -0.05) is 30.3 Å². The average molecular weight is 413 g/mol. The Kier molecular flexibility index (Phi) is 6.18. The van der Waals surface area contributed by atoms with E-state index >= 15 is 0 Å². The van der Waals surface area contributed by atoms with Crippen LogP contribution < -0.4 is 10.2 Å². The van der Waals surface area contributed by atoms with E-state index in [9.17, 15) is 9.18 Å². The summed E-state index contributed by atoms with van der Waals surface area (Å²) in [5, 5.41) is 4.05. The highest BCUT2D eigenvalue weighted by molar-refractivity contribution is 5.98. The van der Waals surface area contributed by atoms with Crippen LogP contribution in [0.4, 0.5) is 4.39 Å². The highest BCUT2D eigenvalue weighted by Gasteiger charge is 2.11. The lowest BCUT2D eigenvalue weighted by molar-refractivity contribution is 0.0955. The molecule has 0 aliphatic heterocycles. The van der Waals surface area contributed by atoms with Crippen molar-refractivity contribution in [1.82, 2.24) is 9.99 Å². The average Bonchev–Trinajstić information content (AvgIpc) is 3.34. The van der Waals surface area contributed by atoms with Crippen LogP contribution in [0.1, 0.15) is 21.5 Å². The molecule has 0 unspecified atom stereocenters. The van der Waals surface area contributed by atoms with Crippen molar-refractivity contribution in [3.63, 3.8) is 0 Å². The number of hydrogen-bond acceptors (Lipinski definition) is 3. The van der Waals surface area contributed by atoms with Gasteiger partial charge in [0.1, 0.15) is 18.2 Å². The third-order valence-electron chi connectivity index (χ3n) is 4.64. The number of amides is 1. The second-order valence-corrected chi connectivity index (χ2v) is 6.76. The smallest absolute Gasteiger partial charge is 0.273 e. The van der Waals surface area contributed by atoms with Gasteiger partial charge >= 0.3 is 0 Å². The van der Waals surface area contributed by atoms with Gasteiger partial charge in [0.25, 0.3) is 5.91 Å². The van der Waals surface area contributed by atoms with Crippen LogP contribution in [0.2, 0.25) is 0 Å². The molecule has 0 bridgehead atoms. The zero-order valence-corrected chi connectivity index (χ0v) is 16.6. The lowest BCUT2D eigenvalue weighted by Crippen LogP contribution is -2.19. The zero-order valence-electron chi connectivity index (χ0n) is 16.6. The first-order valence-electron chi connectivity index (χ1n) is 9.73. The van der Waals surface area contributed by atoms with Crippen LogP contribution in [0.25, 0.3) is 5.69 Å². The van der Waals surface area contributed by atoms with Crippen molar-refractivity contribution in [2.45, 2.75) is 6.61 Å². The molecule has 0 spiro atoms. The highest BCUT2D eigenvalue weighted by Crippen LogP contribution is 2.16. The van der Waals surface area contributed by atoms with Crippen molar-refractivity contribution >= 4 is 12.1 Å². The van der Waals surface area contributed by atoms with Gasteiger partial charge in [0, 0.05) is 18.0 Å². The molecule has 0 atom stereocenters. The molecule has 1 heterocycles. The van der Waals surface area contributed by atoms with Crippen molar-refractivity contribution in [3.8, 4) is 11.4 Å². The molecule has 4 rings (SSSR count). The summed E-state index contributed by atoms with van der Waals surface area (Å²) in [5.41, 5.74) is 5.14. The van der Waals surface area contributed by atoms with Gasteiger partial charge in [-0.05, 0) is 60.2 Å². The molecule has 154 valence electrons. The highest BCUT2D eigenvalue weighted by atomic mass is 19.1. The number of aromatic nitrogens is 1. The molecule has 3 aromatic carbocycles. The number of rotatable bonds is 7. The lowest BCUT2D eigenvalue weighted by Gasteiger charge is -2.09. The molecular weight excluding hydrogens is 393 g/mol. The zero-order chi connectivity index (χ0) is 21.5. The fourth-order valence-corrected chi connectivity index (χ4v) is 3.04. The number of benzene rings is 3. The van der Waals surface area contributed by atoms with E-state index in [0.717, 1.165) is 11.3 Å². The van der Waals surface area contributed by atoms with E-state index in [1.165, 1.54) is 6.07 Å². The SMILES string of the molecule is O=C(N/N=C/c1ccc(OCc2ccccc2F)cc1)c1ccccc1-n1cccc1. The summed E-state index contributed by atoms with van der Waals surface area (Å²) in [6.07, 6.45) is 5.31. The van der Waals surface area contributed by atoms with Crippen LogP contribution in [-0.4, -0.2) is 16.7 Å². The van der Waals surface area contributed by atoms with E-state index in [2.05, 4.69) is 10.5 Å². The minimum Gasteiger partial charge on any atom is -0.489 e. The molecule has 0 aliphatic carbocycles. The van der Waals surface area contributed by atoms with E-state index in [1.54, 1.807) is 54.7 Å². The van der Waals surface area contributed by atoms with Gasteiger partial charge in [-0.3, -0.25) is 4.79 Å². The molecular formula is C25H20FN3O2. The fraction of sp³-hybridized carbons (Fsp3) is 0.0400. The van der Waals surface area contributed by atoms with Crippen LogP contribution >= 0.6 is 0 Å². The van der Waals surface area contributed by atoms with E-state index < -0.39 is 0 Å². The number of carbonyl (C=O) groups excluding carboxylic acids is 1. The maximum Gasteiger partial charge on any atom is 0.273 e. The van der Waals surface area contributed by atoms with Gasteiger partial charge in [-0.15, -0.1) is 0 Å². The van der Waals surface area contributed by atoms with E-state index in [-0.39, 0.29) is 18.3 Å². The summed E-state index contributed by atoms with van der Waals surface area (Å²) >= 11 is 0. The van der Waals surface area contributed by atoms with Crippen molar-refractivity contribution < 1.29 is 13.9 Å². The van der Waals surface area contributed by atoms with Crippen molar-refractivity contribution in [3.05, 3.63) is 120 Å². The normalized spacial score (nSPS) is 10.9. The molecule has 0 fully saturated rings. The Morgan fingerprint density at radius 1 is 0.935 bits per heavy atom. The third-order valence-corrected chi connectivity index (χ3v) is 4.64. The fourth-order valence-electron chi connectivity index (χ4n) is 3.04. The van der Waals surface area contributed by atoms with E-state index in [1.807, 2.05) is 47.3 Å². The van der Waals surface area contributed by atoms with Gasteiger partial charge in [0.2, 0.25) is 0 Å². The Morgan fingerprint density at radius 3 is 2.42 bits per heavy atom. The maximum atomic E-state index is 13.7. The van der Waals surface area contributed by atoms with Crippen LogP contribution in [0.15, 0.2) is 102 Å². The van der Waals surface area contributed by atoms with Gasteiger partial charge in [0.05, 0.1) is 17.5 Å². The minimum absolute atomic E-state index is 0.150. The van der Waals surface area contributed by atoms with Crippen LogP contribution in [-0.2, 0) is 6.61 Å². The first kappa shape index (κ1) is 20.1. The molecule has 6 heteroatoms. The summed E-state index contributed by atoms with van der Waals surface area (Å²) in [6.45, 7) is 0.150. The molecule has 4 aromatic rings. The third kappa shape index (κ3) is 5.05. The molecule has 1 amide bonds. The van der Waals surface area contributed by atoms with Gasteiger partial charge in [-0.25, -0.2) is 9.82 Å². The summed E-state index contributed by atoms with van der Waals surface area (Å²) in [5.74, 6) is 0.0239. The van der Waals surface area contributed by atoms with E-state index in [0.29, 0.717) is 16.9 Å². The quantitative estimate of drug-likeness (QED) is 0.344. The predicted molar refractivity (Wildman–Crippen MR) is 118 cm³/mol. The number of halogens is 1. The lowest BCUT2D eigenvalue weighted by atomic mass is 10.1. The second kappa shape index (κ2) is 9.54. The summed E-state index contributed by atoms with van der Waals surface area (Å²) < 4.78 is 21.1. The Hall–Kier alpha value is -4.19. The molecule has 0 saturated heterocycles. The van der Waals surface area contributed by atoms with Crippen molar-refractivity contribution in [1.29, 1.82) is 0 Å². The maximum absolute atomic E-state index is 13.7. The molecule has 5 nitrogen and oxygen atoms in total. The number of nitrogens with one attached hydrogen (secondary N) is 1. The number of hydrogen-bond donors (Lipinski definition) is 1. The molecule has 31 heavy (non-hydrogen) atoms. The van der Waals surface area contributed by atoms with Gasteiger partial charge in [0.15, 0.2) is 0 Å². The second-order valence-electron chi connectivity index (χ2n) is 6.76. The first-order valence-corrected chi connectivity index (χ1v) is 9.73. The van der Waals surface area contributed by atoms with Gasteiger partial charge in [-0.2, -0.15) is 5.10 Å². The summed E-state index contributed by atoms with van der Waals surface area (Å²) in [7, 11) is 0. The number of ether oxygens (including phenoxy) is 1. The molecule has 1 aromatic heterocycles. The molecule has 0 saturated carbocycles. The first-order chi connectivity index (χ1) is 15.2. The molecule has 0 radical (unpaired) electrons. The van der Waals surface area contributed by atoms with Crippen LogP contribution in [0.5, 0.6) is 5.75 Å². The monoisotopic (exact) mass is 413 g/mol. The number of carbonyl (C=O) groups is 1. The van der Waals surface area contributed by atoms with Crippen molar-refractivity contribution in [2.75, 3.05) is 0 Å². The molecule has 1 N–H and O–H groups in total. The van der Waals surface area contributed by atoms with E-state index in [4.69, 9.17) is 4.74 Å². The van der Waals surface area contributed by atoms with Gasteiger partial charge < -0.3 is 9.30 Å². The number of nitrogens with zero attached hydrogens (tertiary/aromatic N) is 2. The molecule has 0 aliphatic rings. The predicted octanol–water partition coefficient (Wildman–Crippen LogP) is 4.96. The standard InChI is InChI=1S/C25H20FN3O2/c26-23-9-3-1-7-20(23)18-31-21-13-11-19(12-14-21)17-27-28-25(30)22-8-2-4-10-24(22)29-15-5-6-16-29/h1-17H,18H2,(H,28,30)/b27-17+. The Morgan fingerprint density at radius 2 is 1.65 bits per heavy atom. The summed E-state index contributed by atoms with van der Waals surface area (Å²) in [6, 6.07) is 24.8. The van der Waals surface area contributed by atoms with Crippen molar-refractivity contribution in [2.24, 2.45) is 5.10 Å². The Bertz CT molecular complexity index is 1190. The summed E-state index contributed by atoms with van der Waals surface area (Å²) in [4.78, 5) is 12.6. The minimum atomic E-state index is -0.301. The van der Waals surface area contributed by atoms with Crippen LogP contribution in [0.3, 0.4) is 0 Å². The largest absolute Gasteiger partial charge is 0.489 e.